The number of fused-ring (bicyclic) bond motifs is 1. The summed E-state index contributed by atoms with van der Waals surface area (Å²) in [7, 11) is 0. The van der Waals surface area contributed by atoms with Gasteiger partial charge in [0, 0.05) is 15.8 Å². The van der Waals surface area contributed by atoms with E-state index in [9.17, 15) is 0 Å². The second kappa shape index (κ2) is 4.50. The molecular weight excluding hydrogens is 214 g/mol. The van der Waals surface area contributed by atoms with E-state index in [1.165, 1.54) is 30.6 Å². The molecule has 1 aromatic rings. The predicted octanol–water partition coefficient (Wildman–Crippen LogP) is 4.06. The summed E-state index contributed by atoms with van der Waals surface area (Å²) >= 11 is 1.96. The largest absolute Gasteiger partial charge is 0.323 e. The highest BCUT2D eigenvalue weighted by Gasteiger charge is 2.19. The Bertz CT molecular complexity index is 338. The van der Waals surface area contributed by atoms with Crippen molar-refractivity contribution in [2.24, 2.45) is 11.1 Å². The first-order valence-electron chi connectivity index (χ1n) is 6.33. The Balaban J connectivity index is 1.96. The minimum Gasteiger partial charge on any atom is -0.323 e. The Morgan fingerprint density at radius 2 is 2.12 bits per heavy atom. The normalized spacial score (nSPS) is 17.5. The van der Waals surface area contributed by atoms with Crippen molar-refractivity contribution in [3.63, 3.8) is 0 Å². The third-order valence-electron chi connectivity index (χ3n) is 3.34. The first-order valence-corrected chi connectivity index (χ1v) is 7.14. The molecule has 2 heteroatoms. The van der Waals surface area contributed by atoms with Gasteiger partial charge in [-0.1, -0.05) is 20.8 Å². The summed E-state index contributed by atoms with van der Waals surface area (Å²) in [6.07, 6.45) is 6.22. The van der Waals surface area contributed by atoms with Crippen LogP contribution in [0.25, 0.3) is 0 Å². The molecule has 1 unspecified atom stereocenters. The van der Waals surface area contributed by atoms with E-state index in [2.05, 4.69) is 26.8 Å². The lowest BCUT2D eigenvalue weighted by Crippen LogP contribution is -2.13. The van der Waals surface area contributed by atoms with Crippen molar-refractivity contribution in [1.82, 2.24) is 0 Å². The molecule has 1 aliphatic carbocycles. The predicted molar refractivity (Wildman–Crippen MR) is 72.0 cm³/mol. The van der Waals surface area contributed by atoms with E-state index < -0.39 is 0 Å². The molecule has 2 rings (SSSR count). The second-order valence-electron chi connectivity index (χ2n) is 6.16. The van der Waals surface area contributed by atoms with E-state index in [1.807, 2.05) is 11.3 Å². The summed E-state index contributed by atoms with van der Waals surface area (Å²) in [6.45, 7) is 6.86. The van der Waals surface area contributed by atoms with Gasteiger partial charge in [0.1, 0.15) is 0 Å². The topological polar surface area (TPSA) is 26.0 Å². The SMILES string of the molecule is CC(C)(C)CCC(N)c1cc2c(s1)CCC2. The molecule has 0 bridgehead atoms. The molecule has 1 aromatic heterocycles. The van der Waals surface area contributed by atoms with Crippen LogP contribution in [0.3, 0.4) is 0 Å². The quantitative estimate of drug-likeness (QED) is 0.843. The van der Waals surface area contributed by atoms with E-state index in [4.69, 9.17) is 5.73 Å². The lowest BCUT2D eigenvalue weighted by atomic mass is 9.88. The van der Waals surface area contributed by atoms with Gasteiger partial charge in [-0.05, 0) is 49.1 Å². The van der Waals surface area contributed by atoms with Crippen LogP contribution < -0.4 is 5.73 Å². The zero-order chi connectivity index (χ0) is 11.8. The fourth-order valence-corrected chi connectivity index (χ4v) is 3.56. The van der Waals surface area contributed by atoms with E-state index in [0.717, 1.165) is 6.42 Å². The van der Waals surface area contributed by atoms with Crippen molar-refractivity contribution in [3.05, 3.63) is 21.4 Å². The molecule has 0 saturated carbocycles. The molecule has 1 nitrogen and oxygen atoms in total. The summed E-state index contributed by atoms with van der Waals surface area (Å²) in [5.74, 6) is 0. The maximum Gasteiger partial charge on any atom is 0.0390 e. The minimum absolute atomic E-state index is 0.259. The van der Waals surface area contributed by atoms with Gasteiger partial charge in [0.05, 0.1) is 0 Å². The van der Waals surface area contributed by atoms with Crippen LogP contribution in [-0.4, -0.2) is 0 Å². The Morgan fingerprint density at radius 3 is 2.75 bits per heavy atom. The van der Waals surface area contributed by atoms with Crippen LogP contribution in [0.1, 0.15) is 61.4 Å². The number of nitrogens with two attached hydrogens (primary N) is 1. The molecule has 1 heterocycles. The van der Waals surface area contributed by atoms with Crippen molar-refractivity contribution in [1.29, 1.82) is 0 Å². The Morgan fingerprint density at radius 1 is 1.38 bits per heavy atom. The molecular formula is C14H23NS. The Labute approximate surface area is 103 Å². The summed E-state index contributed by atoms with van der Waals surface area (Å²) in [5, 5.41) is 0. The van der Waals surface area contributed by atoms with Gasteiger partial charge in [0.25, 0.3) is 0 Å². The summed E-state index contributed by atoms with van der Waals surface area (Å²) in [5.41, 5.74) is 8.25. The zero-order valence-electron chi connectivity index (χ0n) is 10.7. The van der Waals surface area contributed by atoms with Gasteiger partial charge in [0.15, 0.2) is 0 Å². The zero-order valence-corrected chi connectivity index (χ0v) is 11.5. The van der Waals surface area contributed by atoms with E-state index in [1.54, 1.807) is 10.4 Å². The summed E-state index contributed by atoms with van der Waals surface area (Å²) in [6, 6.07) is 2.62. The highest BCUT2D eigenvalue weighted by Crippen LogP contribution is 2.35. The number of rotatable bonds is 3. The number of thiophene rings is 1. The van der Waals surface area contributed by atoms with Gasteiger partial charge >= 0.3 is 0 Å². The third kappa shape index (κ3) is 2.86. The number of hydrogen-bond acceptors (Lipinski definition) is 2. The van der Waals surface area contributed by atoms with Gasteiger partial charge in [-0.25, -0.2) is 0 Å². The highest BCUT2D eigenvalue weighted by atomic mass is 32.1. The first kappa shape index (κ1) is 12.1. The van der Waals surface area contributed by atoms with Gasteiger partial charge in [-0.2, -0.15) is 0 Å². The van der Waals surface area contributed by atoms with E-state index >= 15 is 0 Å². The van der Waals surface area contributed by atoms with E-state index in [-0.39, 0.29) is 6.04 Å². The minimum atomic E-state index is 0.259. The van der Waals surface area contributed by atoms with Crippen molar-refractivity contribution in [2.45, 2.75) is 58.9 Å². The number of aryl methyl sites for hydroxylation is 2. The van der Waals surface area contributed by atoms with Crippen LogP contribution in [0.4, 0.5) is 0 Å². The smallest absolute Gasteiger partial charge is 0.0390 e. The third-order valence-corrected chi connectivity index (χ3v) is 4.71. The molecule has 16 heavy (non-hydrogen) atoms. The van der Waals surface area contributed by atoms with Crippen LogP contribution in [0, 0.1) is 5.41 Å². The van der Waals surface area contributed by atoms with Crippen LogP contribution in [-0.2, 0) is 12.8 Å². The van der Waals surface area contributed by atoms with Crippen LogP contribution >= 0.6 is 11.3 Å². The van der Waals surface area contributed by atoms with Gasteiger partial charge in [0.2, 0.25) is 0 Å². The van der Waals surface area contributed by atoms with E-state index in [0.29, 0.717) is 5.41 Å². The second-order valence-corrected chi connectivity index (χ2v) is 7.32. The molecule has 1 atom stereocenters. The Hall–Kier alpha value is -0.340. The molecule has 0 radical (unpaired) electrons. The maximum absolute atomic E-state index is 6.27. The average Bonchev–Trinajstić information content (AvgIpc) is 2.71. The van der Waals surface area contributed by atoms with Crippen LogP contribution in [0.2, 0.25) is 0 Å². The molecule has 0 spiro atoms. The molecule has 0 saturated heterocycles. The van der Waals surface area contributed by atoms with Crippen molar-refractivity contribution in [2.75, 3.05) is 0 Å². The maximum atomic E-state index is 6.27. The van der Waals surface area contributed by atoms with Crippen LogP contribution in [0.5, 0.6) is 0 Å². The standard InChI is InChI=1S/C14H23NS/c1-14(2,3)8-7-11(15)13-9-10-5-4-6-12(10)16-13/h9,11H,4-8,15H2,1-3H3. The lowest BCUT2D eigenvalue weighted by molar-refractivity contribution is 0.350. The fraction of sp³-hybridized carbons (Fsp3) is 0.714. The molecule has 90 valence electrons. The molecule has 0 aliphatic heterocycles. The molecule has 0 fully saturated rings. The monoisotopic (exact) mass is 237 g/mol. The van der Waals surface area contributed by atoms with Gasteiger partial charge in [-0.15, -0.1) is 11.3 Å². The number of hydrogen-bond donors (Lipinski definition) is 1. The highest BCUT2D eigenvalue weighted by molar-refractivity contribution is 7.12. The average molecular weight is 237 g/mol. The fourth-order valence-electron chi connectivity index (χ4n) is 2.27. The molecule has 0 aromatic carbocycles. The van der Waals surface area contributed by atoms with Gasteiger partial charge in [-0.3, -0.25) is 0 Å². The lowest BCUT2D eigenvalue weighted by Gasteiger charge is -2.20. The molecule has 1 aliphatic rings. The Kier molecular flexibility index (Phi) is 3.41. The molecule has 0 amide bonds. The molecule has 2 N–H and O–H groups in total. The van der Waals surface area contributed by atoms with Crippen molar-refractivity contribution in [3.8, 4) is 0 Å². The summed E-state index contributed by atoms with van der Waals surface area (Å²) < 4.78 is 0. The summed E-state index contributed by atoms with van der Waals surface area (Å²) in [4.78, 5) is 3.01. The van der Waals surface area contributed by atoms with Crippen molar-refractivity contribution >= 4 is 11.3 Å². The van der Waals surface area contributed by atoms with Crippen LogP contribution in [0.15, 0.2) is 6.07 Å². The van der Waals surface area contributed by atoms with Gasteiger partial charge < -0.3 is 5.73 Å². The first-order chi connectivity index (χ1) is 7.46. The van der Waals surface area contributed by atoms with Crippen molar-refractivity contribution < 1.29 is 0 Å².